The van der Waals surface area contributed by atoms with Crippen LogP contribution in [0, 0.1) is 41.2 Å². The molecule has 0 aliphatic heterocycles. The summed E-state index contributed by atoms with van der Waals surface area (Å²) in [6.07, 6.45) is 14.9. The van der Waals surface area contributed by atoms with E-state index < -0.39 is 11.6 Å². The van der Waals surface area contributed by atoms with E-state index in [0.29, 0.717) is 25.0 Å². The molecule has 0 atom stereocenters. The van der Waals surface area contributed by atoms with Crippen LogP contribution in [0.4, 0.5) is 8.78 Å². The van der Waals surface area contributed by atoms with Crippen molar-refractivity contribution >= 4 is 22.6 Å². The van der Waals surface area contributed by atoms with Gasteiger partial charge in [-0.25, -0.2) is 0 Å². The molecule has 0 bridgehead atoms. The molecule has 3 saturated carbocycles. The lowest BCUT2D eigenvalue weighted by atomic mass is 9.69. The molecule has 0 N–H and O–H groups in total. The molecule has 0 heterocycles. The quantitative estimate of drug-likeness (QED) is 0.247. The summed E-state index contributed by atoms with van der Waals surface area (Å²) in [6, 6.07) is 3.06. The maximum Gasteiger partial charge on any atom is 0.204 e. The van der Waals surface area contributed by atoms with Crippen LogP contribution in [0.3, 0.4) is 0 Å². The van der Waals surface area contributed by atoms with E-state index in [9.17, 15) is 8.78 Å². The molecule has 2 nitrogen and oxygen atoms in total. The van der Waals surface area contributed by atoms with Crippen LogP contribution in [-0.2, 0) is 0 Å². The molecule has 0 spiro atoms. The van der Waals surface area contributed by atoms with E-state index in [1.807, 2.05) is 0 Å². The molecule has 1 aromatic carbocycles. The SMILES string of the molecule is CC1CCC(C2CCC(COc3ccc(OCC4CCC(I)CC4)c(F)c3F)CC2)CC1. The third kappa shape index (κ3) is 6.50. The summed E-state index contributed by atoms with van der Waals surface area (Å²) in [5.41, 5.74) is 0. The van der Waals surface area contributed by atoms with Gasteiger partial charge in [0, 0.05) is 3.92 Å². The molecule has 0 radical (unpaired) electrons. The molecule has 3 aliphatic carbocycles. The van der Waals surface area contributed by atoms with Crippen molar-refractivity contribution in [3.63, 3.8) is 0 Å². The number of halogens is 3. The van der Waals surface area contributed by atoms with Gasteiger partial charge < -0.3 is 9.47 Å². The summed E-state index contributed by atoms with van der Waals surface area (Å²) < 4.78 is 41.3. The zero-order valence-corrected chi connectivity index (χ0v) is 21.6. The fourth-order valence-electron chi connectivity index (χ4n) is 6.02. The summed E-state index contributed by atoms with van der Waals surface area (Å²) in [4.78, 5) is 0. The Bertz CT molecular complexity index is 719. The van der Waals surface area contributed by atoms with Crippen LogP contribution in [0.15, 0.2) is 12.1 Å². The van der Waals surface area contributed by atoms with Crippen LogP contribution < -0.4 is 9.47 Å². The second kappa shape index (κ2) is 11.7. The highest BCUT2D eigenvalue weighted by atomic mass is 127. The Labute approximate surface area is 206 Å². The van der Waals surface area contributed by atoms with Crippen molar-refractivity contribution in [1.29, 1.82) is 0 Å². The molecule has 180 valence electrons. The van der Waals surface area contributed by atoms with Gasteiger partial charge in [0.1, 0.15) is 0 Å². The van der Waals surface area contributed by atoms with Crippen molar-refractivity contribution in [3.05, 3.63) is 23.8 Å². The van der Waals surface area contributed by atoms with Gasteiger partial charge in [0.2, 0.25) is 11.6 Å². The molecule has 0 aromatic heterocycles. The Morgan fingerprint density at radius 2 is 1.09 bits per heavy atom. The summed E-state index contributed by atoms with van der Waals surface area (Å²) in [6.45, 7) is 3.32. The minimum Gasteiger partial charge on any atom is -0.490 e. The molecule has 0 unspecified atom stereocenters. The Hall–Kier alpha value is -0.590. The number of hydrogen-bond acceptors (Lipinski definition) is 2. The van der Waals surface area contributed by atoms with Gasteiger partial charge in [-0.05, 0) is 106 Å². The van der Waals surface area contributed by atoms with Crippen LogP contribution >= 0.6 is 22.6 Å². The smallest absolute Gasteiger partial charge is 0.204 e. The van der Waals surface area contributed by atoms with Gasteiger partial charge in [-0.15, -0.1) is 0 Å². The Morgan fingerprint density at radius 1 is 0.688 bits per heavy atom. The molecule has 4 rings (SSSR count). The van der Waals surface area contributed by atoms with E-state index in [2.05, 4.69) is 29.5 Å². The first-order valence-electron chi connectivity index (χ1n) is 12.9. The molecule has 32 heavy (non-hydrogen) atoms. The van der Waals surface area contributed by atoms with E-state index >= 15 is 0 Å². The standard InChI is InChI=1S/C27H39F2IO2/c1-18-2-8-21(9-3-18)22-10-4-19(5-11-22)16-31-24-14-15-25(27(29)26(24)28)32-17-20-6-12-23(30)13-7-20/h14-15,18-23H,2-13,16-17H2,1H3. The van der Waals surface area contributed by atoms with Crippen molar-refractivity contribution in [1.82, 2.24) is 0 Å². The Morgan fingerprint density at radius 3 is 1.56 bits per heavy atom. The van der Waals surface area contributed by atoms with E-state index in [0.717, 1.165) is 47.4 Å². The highest BCUT2D eigenvalue weighted by Crippen LogP contribution is 2.41. The predicted molar refractivity (Wildman–Crippen MR) is 134 cm³/mol. The highest BCUT2D eigenvalue weighted by Gasteiger charge is 2.30. The molecule has 1 aromatic rings. The average molecular weight is 561 g/mol. The topological polar surface area (TPSA) is 18.5 Å². The van der Waals surface area contributed by atoms with Crippen molar-refractivity contribution < 1.29 is 18.3 Å². The number of benzene rings is 1. The van der Waals surface area contributed by atoms with Crippen molar-refractivity contribution in [2.24, 2.45) is 29.6 Å². The lowest BCUT2D eigenvalue weighted by molar-refractivity contribution is 0.124. The van der Waals surface area contributed by atoms with Gasteiger partial charge in [-0.3, -0.25) is 0 Å². The summed E-state index contributed by atoms with van der Waals surface area (Å²) in [5, 5.41) is 0. The molecular weight excluding hydrogens is 521 g/mol. The first-order valence-corrected chi connectivity index (χ1v) is 14.1. The van der Waals surface area contributed by atoms with Crippen LogP contribution in [0.5, 0.6) is 11.5 Å². The van der Waals surface area contributed by atoms with E-state index in [-0.39, 0.29) is 11.5 Å². The Balaban J connectivity index is 1.21. The molecular formula is C27H39F2IO2. The first-order chi connectivity index (χ1) is 15.5. The summed E-state index contributed by atoms with van der Waals surface area (Å²) >= 11 is 2.49. The number of ether oxygens (including phenoxy) is 2. The summed E-state index contributed by atoms with van der Waals surface area (Å²) in [7, 11) is 0. The van der Waals surface area contributed by atoms with Gasteiger partial charge in [-0.1, -0.05) is 42.4 Å². The second-order valence-electron chi connectivity index (χ2n) is 10.7. The zero-order chi connectivity index (χ0) is 22.5. The van der Waals surface area contributed by atoms with Gasteiger partial charge in [-0.2, -0.15) is 8.78 Å². The Kier molecular flexibility index (Phi) is 8.97. The molecule has 3 aliphatic rings. The zero-order valence-electron chi connectivity index (χ0n) is 19.5. The normalized spacial score (nSPS) is 33.6. The van der Waals surface area contributed by atoms with Gasteiger partial charge >= 0.3 is 0 Å². The molecule has 0 saturated heterocycles. The molecule has 5 heteroatoms. The maximum absolute atomic E-state index is 14.6. The fraction of sp³-hybridized carbons (Fsp3) is 0.778. The summed E-state index contributed by atoms with van der Waals surface area (Å²) in [5.74, 6) is 1.74. The second-order valence-corrected chi connectivity index (χ2v) is 12.5. The maximum atomic E-state index is 14.6. The van der Waals surface area contributed by atoms with E-state index in [1.54, 1.807) is 0 Å². The largest absolute Gasteiger partial charge is 0.490 e. The number of rotatable bonds is 7. The van der Waals surface area contributed by atoms with Crippen LogP contribution in [0.1, 0.15) is 84.0 Å². The van der Waals surface area contributed by atoms with E-state index in [1.165, 1.54) is 63.5 Å². The van der Waals surface area contributed by atoms with Crippen LogP contribution in [-0.4, -0.2) is 17.1 Å². The molecule has 3 fully saturated rings. The van der Waals surface area contributed by atoms with E-state index in [4.69, 9.17) is 9.47 Å². The van der Waals surface area contributed by atoms with Gasteiger partial charge in [0.15, 0.2) is 11.5 Å². The highest BCUT2D eigenvalue weighted by molar-refractivity contribution is 14.1. The number of hydrogen-bond donors (Lipinski definition) is 0. The minimum absolute atomic E-state index is 0.00811. The van der Waals surface area contributed by atoms with Crippen LogP contribution in [0.2, 0.25) is 0 Å². The average Bonchev–Trinajstić information content (AvgIpc) is 2.81. The number of alkyl halides is 1. The lowest BCUT2D eigenvalue weighted by Crippen LogP contribution is -2.27. The van der Waals surface area contributed by atoms with Crippen molar-refractivity contribution in [3.8, 4) is 11.5 Å². The van der Waals surface area contributed by atoms with Gasteiger partial charge in [0.25, 0.3) is 0 Å². The minimum atomic E-state index is -0.916. The predicted octanol–water partition coefficient (Wildman–Crippen LogP) is 8.35. The van der Waals surface area contributed by atoms with Crippen molar-refractivity contribution in [2.45, 2.75) is 87.9 Å². The third-order valence-corrected chi connectivity index (χ3v) is 9.60. The van der Waals surface area contributed by atoms with Crippen molar-refractivity contribution in [2.75, 3.05) is 13.2 Å². The third-order valence-electron chi connectivity index (χ3n) is 8.36. The first kappa shape index (κ1) is 24.5. The van der Waals surface area contributed by atoms with Crippen LogP contribution in [0.25, 0.3) is 0 Å². The van der Waals surface area contributed by atoms with Gasteiger partial charge in [0.05, 0.1) is 13.2 Å². The monoisotopic (exact) mass is 560 g/mol. The molecule has 0 amide bonds. The fourth-order valence-corrected chi connectivity index (χ4v) is 6.74. The lowest BCUT2D eigenvalue weighted by Gasteiger charge is -2.37.